The number of anilines is 1. The van der Waals surface area contributed by atoms with Crippen LogP contribution in [0.25, 0.3) is 0 Å². The number of hydrogen-bond donors (Lipinski definition) is 1. The van der Waals surface area contributed by atoms with Crippen LogP contribution in [0.1, 0.15) is 0 Å². The minimum Gasteiger partial charge on any atom is -0.384 e. The number of rotatable bonds is 5. The molecule has 1 N–H and O–H groups in total. The highest BCUT2D eigenvalue weighted by Gasteiger charge is 1.93. The number of benzene rings is 1. The van der Waals surface area contributed by atoms with Gasteiger partial charge in [-0.1, -0.05) is 18.2 Å². The van der Waals surface area contributed by atoms with Crippen LogP contribution in [0.5, 0.6) is 0 Å². The predicted molar refractivity (Wildman–Crippen MR) is 70.0 cm³/mol. The van der Waals surface area contributed by atoms with Gasteiger partial charge in [0.25, 0.3) is 0 Å². The minimum atomic E-state index is 1.01. The second-order valence-corrected chi connectivity index (χ2v) is 5.05. The van der Waals surface area contributed by atoms with E-state index in [-0.39, 0.29) is 0 Å². The fourth-order valence-corrected chi connectivity index (χ4v) is 2.65. The summed E-state index contributed by atoms with van der Waals surface area (Å²) in [5.74, 6) is 1.10. The largest absolute Gasteiger partial charge is 0.384 e. The molecule has 0 aliphatic heterocycles. The molecule has 0 saturated heterocycles. The van der Waals surface area contributed by atoms with E-state index in [4.69, 9.17) is 0 Å². The molecule has 0 amide bonds. The SMILES string of the molecule is c1ccc(SCCNc2ccsc2)cc1. The topological polar surface area (TPSA) is 12.0 Å². The zero-order chi connectivity index (χ0) is 10.3. The smallest absolute Gasteiger partial charge is 0.0449 e. The summed E-state index contributed by atoms with van der Waals surface area (Å²) in [6.45, 7) is 1.01. The van der Waals surface area contributed by atoms with Crippen LogP contribution in [-0.2, 0) is 0 Å². The van der Waals surface area contributed by atoms with Crippen molar-refractivity contribution in [3.8, 4) is 0 Å². The van der Waals surface area contributed by atoms with Crippen molar-refractivity contribution >= 4 is 28.8 Å². The lowest BCUT2D eigenvalue weighted by atomic mass is 10.4. The molecule has 0 saturated carbocycles. The molecule has 0 spiro atoms. The monoisotopic (exact) mass is 235 g/mol. The average molecular weight is 235 g/mol. The van der Waals surface area contributed by atoms with Crippen LogP contribution in [0.3, 0.4) is 0 Å². The van der Waals surface area contributed by atoms with E-state index in [1.54, 1.807) is 11.3 Å². The first-order valence-electron chi connectivity index (χ1n) is 4.89. The van der Waals surface area contributed by atoms with Crippen molar-refractivity contribution in [1.82, 2.24) is 0 Å². The second kappa shape index (κ2) is 5.83. The maximum Gasteiger partial charge on any atom is 0.0449 e. The van der Waals surface area contributed by atoms with Gasteiger partial charge in [-0.25, -0.2) is 0 Å². The third kappa shape index (κ3) is 3.61. The molecule has 2 aromatic rings. The van der Waals surface area contributed by atoms with Crippen LogP contribution < -0.4 is 5.32 Å². The molecule has 0 unspecified atom stereocenters. The maximum atomic E-state index is 3.38. The maximum absolute atomic E-state index is 3.38. The molecular formula is C12H13NS2. The average Bonchev–Trinajstić information content (AvgIpc) is 2.79. The molecule has 0 atom stereocenters. The van der Waals surface area contributed by atoms with E-state index in [0.29, 0.717) is 0 Å². The number of nitrogens with one attached hydrogen (secondary N) is 1. The van der Waals surface area contributed by atoms with E-state index in [1.165, 1.54) is 10.6 Å². The van der Waals surface area contributed by atoms with Crippen LogP contribution in [-0.4, -0.2) is 12.3 Å². The first-order chi connectivity index (χ1) is 7.45. The molecule has 0 bridgehead atoms. The van der Waals surface area contributed by atoms with E-state index < -0.39 is 0 Å². The fourth-order valence-electron chi connectivity index (χ4n) is 1.25. The van der Waals surface area contributed by atoms with Gasteiger partial charge in [0.1, 0.15) is 0 Å². The zero-order valence-electron chi connectivity index (χ0n) is 8.35. The van der Waals surface area contributed by atoms with Gasteiger partial charge < -0.3 is 5.32 Å². The Morgan fingerprint density at radius 1 is 1.13 bits per heavy atom. The predicted octanol–water partition coefficient (Wildman–Crippen LogP) is 3.95. The molecule has 0 fully saturated rings. The van der Waals surface area contributed by atoms with Gasteiger partial charge in [-0.15, -0.1) is 11.8 Å². The van der Waals surface area contributed by atoms with Crippen molar-refractivity contribution < 1.29 is 0 Å². The van der Waals surface area contributed by atoms with Crippen LogP contribution in [0.4, 0.5) is 5.69 Å². The van der Waals surface area contributed by atoms with Gasteiger partial charge in [0.15, 0.2) is 0 Å². The third-order valence-electron chi connectivity index (χ3n) is 1.96. The summed E-state index contributed by atoms with van der Waals surface area (Å²) in [5.41, 5.74) is 1.23. The van der Waals surface area contributed by atoms with E-state index in [1.807, 2.05) is 17.8 Å². The van der Waals surface area contributed by atoms with Crippen molar-refractivity contribution in [1.29, 1.82) is 0 Å². The molecular weight excluding hydrogens is 222 g/mol. The van der Waals surface area contributed by atoms with Gasteiger partial charge in [-0.3, -0.25) is 0 Å². The summed E-state index contributed by atoms with van der Waals surface area (Å²) in [6.07, 6.45) is 0. The first kappa shape index (κ1) is 10.6. The van der Waals surface area contributed by atoms with Crippen LogP contribution in [0.2, 0.25) is 0 Å². The Bertz CT molecular complexity index is 370. The van der Waals surface area contributed by atoms with E-state index in [9.17, 15) is 0 Å². The Morgan fingerprint density at radius 2 is 2.00 bits per heavy atom. The highest BCUT2D eigenvalue weighted by atomic mass is 32.2. The van der Waals surface area contributed by atoms with Gasteiger partial charge in [0, 0.05) is 28.3 Å². The lowest BCUT2D eigenvalue weighted by Gasteiger charge is -2.03. The van der Waals surface area contributed by atoms with Crippen LogP contribution in [0, 0.1) is 0 Å². The van der Waals surface area contributed by atoms with E-state index >= 15 is 0 Å². The molecule has 1 nitrogen and oxygen atoms in total. The normalized spacial score (nSPS) is 10.1. The Kier molecular flexibility index (Phi) is 4.11. The molecule has 1 heterocycles. The Labute approximate surface area is 98.5 Å². The summed E-state index contributed by atoms with van der Waals surface area (Å²) in [6, 6.07) is 12.6. The Balaban J connectivity index is 1.68. The quantitative estimate of drug-likeness (QED) is 0.622. The molecule has 3 heteroatoms. The molecule has 0 aliphatic rings. The molecule has 2 rings (SSSR count). The van der Waals surface area contributed by atoms with Gasteiger partial charge >= 0.3 is 0 Å². The Morgan fingerprint density at radius 3 is 2.73 bits per heavy atom. The molecule has 15 heavy (non-hydrogen) atoms. The van der Waals surface area contributed by atoms with Crippen molar-refractivity contribution in [3.63, 3.8) is 0 Å². The third-order valence-corrected chi connectivity index (χ3v) is 3.66. The van der Waals surface area contributed by atoms with E-state index in [0.717, 1.165) is 12.3 Å². The van der Waals surface area contributed by atoms with Gasteiger partial charge in [-0.2, -0.15) is 11.3 Å². The highest BCUT2D eigenvalue weighted by molar-refractivity contribution is 7.99. The van der Waals surface area contributed by atoms with E-state index in [2.05, 4.69) is 46.4 Å². The fraction of sp³-hybridized carbons (Fsp3) is 0.167. The minimum absolute atomic E-state index is 1.01. The zero-order valence-corrected chi connectivity index (χ0v) is 9.98. The summed E-state index contributed by atoms with van der Waals surface area (Å²) in [4.78, 5) is 1.34. The van der Waals surface area contributed by atoms with Gasteiger partial charge in [0.05, 0.1) is 0 Å². The molecule has 0 radical (unpaired) electrons. The molecule has 1 aromatic heterocycles. The Hall–Kier alpha value is -0.930. The van der Waals surface area contributed by atoms with Crippen LogP contribution >= 0.6 is 23.1 Å². The van der Waals surface area contributed by atoms with Gasteiger partial charge in [0.2, 0.25) is 0 Å². The summed E-state index contributed by atoms with van der Waals surface area (Å²) >= 11 is 3.61. The number of thiophene rings is 1. The van der Waals surface area contributed by atoms with Crippen molar-refractivity contribution in [2.45, 2.75) is 4.90 Å². The standard InChI is InChI=1S/C12H13NS2/c1-2-4-12(5-3-1)15-9-7-13-11-6-8-14-10-11/h1-6,8,10,13H,7,9H2. The lowest BCUT2D eigenvalue weighted by Crippen LogP contribution is -2.02. The van der Waals surface area contributed by atoms with Crippen molar-refractivity contribution in [2.24, 2.45) is 0 Å². The number of thioether (sulfide) groups is 1. The summed E-state index contributed by atoms with van der Waals surface area (Å²) in [7, 11) is 0. The van der Waals surface area contributed by atoms with Gasteiger partial charge in [-0.05, 0) is 23.6 Å². The molecule has 78 valence electrons. The van der Waals surface area contributed by atoms with Crippen LogP contribution in [0.15, 0.2) is 52.1 Å². The molecule has 1 aromatic carbocycles. The first-order valence-corrected chi connectivity index (χ1v) is 6.82. The molecule has 0 aliphatic carbocycles. The van der Waals surface area contributed by atoms with Crippen molar-refractivity contribution in [3.05, 3.63) is 47.2 Å². The second-order valence-electron chi connectivity index (χ2n) is 3.10. The summed E-state index contributed by atoms with van der Waals surface area (Å²) in [5, 5.41) is 7.61. The highest BCUT2D eigenvalue weighted by Crippen LogP contribution is 2.17. The lowest BCUT2D eigenvalue weighted by molar-refractivity contribution is 1.23. The number of hydrogen-bond acceptors (Lipinski definition) is 3. The summed E-state index contributed by atoms with van der Waals surface area (Å²) < 4.78 is 0. The van der Waals surface area contributed by atoms with Crippen molar-refractivity contribution in [2.75, 3.05) is 17.6 Å².